The van der Waals surface area contributed by atoms with E-state index < -0.39 is 11.2 Å². The molecule has 2 aromatic rings. The normalized spacial score (nSPS) is 10.4. The minimum Gasteiger partial charge on any atom is -0.352 e. The van der Waals surface area contributed by atoms with Gasteiger partial charge in [0.25, 0.3) is 5.56 Å². The van der Waals surface area contributed by atoms with Gasteiger partial charge in [-0.1, -0.05) is 0 Å². The Morgan fingerprint density at radius 3 is 2.79 bits per heavy atom. The molecule has 0 saturated heterocycles. The number of aryl methyl sites for hydroxylation is 1. The molecule has 0 aliphatic carbocycles. The van der Waals surface area contributed by atoms with Gasteiger partial charge < -0.3 is 10.3 Å². The first-order valence-electron chi connectivity index (χ1n) is 5.66. The predicted octanol–water partition coefficient (Wildman–Crippen LogP) is 0.292. The lowest BCUT2D eigenvalue weighted by molar-refractivity contribution is -0.120. The van der Waals surface area contributed by atoms with Crippen LogP contribution >= 0.6 is 11.3 Å². The van der Waals surface area contributed by atoms with Crippen LogP contribution in [-0.2, 0) is 17.8 Å². The molecule has 7 heteroatoms. The Kier molecular flexibility index (Phi) is 3.96. The Morgan fingerprint density at radius 1 is 1.37 bits per heavy atom. The number of hydrogen-bond acceptors (Lipinski definition) is 4. The number of amides is 1. The van der Waals surface area contributed by atoms with Crippen molar-refractivity contribution in [2.45, 2.75) is 19.9 Å². The summed E-state index contributed by atoms with van der Waals surface area (Å²) in [6.45, 7) is 2.03. The van der Waals surface area contributed by atoms with E-state index >= 15 is 0 Å². The van der Waals surface area contributed by atoms with Crippen LogP contribution in [0.25, 0.3) is 0 Å². The molecule has 100 valence electrons. The lowest BCUT2D eigenvalue weighted by Gasteiger charge is -2.05. The van der Waals surface area contributed by atoms with Crippen molar-refractivity contribution in [3.8, 4) is 0 Å². The minimum absolute atomic E-state index is 0.0535. The summed E-state index contributed by atoms with van der Waals surface area (Å²) in [5.74, 6) is -0.258. The molecule has 19 heavy (non-hydrogen) atoms. The highest BCUT2D eigenvalue weighted by Crippen LogP contribution is 2.05. The van der Waals surface area contributed by atoms with Gasteiger partial charge in [0.1, 0.15) is 0 Å². The van der Waals surface area contributed by atoms with Gasteiger partial charge in [-0.3, -0.25) is 14.6 Å². The number of hydrogen-bond donors (Lipinski definition) is 3. The van der Waals surface area contributed by atoms with Gasteiger partial charge in [0, 0.05) is 17.8 Å². The fraction of sp³-hybridized carbons (Fsp3) is 0.250. The topological polar surface area (TPSA) is 94.8 Å². The van der Waals surface area contributed by atoms with Crippen molar-refractivity contribution >= 4 is 17.2 Å². The van der Waals surface area contributed by atoms with E-state index in [9.17, 15) is 14.4 Å². The predicted molar refractivity (Wildman–Crippen MR) is 72.3 cm³/mol. The van der Waals surface area contributed by atoms with Gasteiger partial charge >= 0.3 is 5.69 Å². The smallest absolute Gasteiger partial charge is 0.325 e. The molecule has 0 bridgehead atoms. The SMILES string of the molecule is Cc1[nH]c(=O)[nH]c(=O)c1CC(=O)NCc1ccsc1. The molecule has 0 atom stereocenters. The Labute approximate surface area is 112 Å². The van der Waals surface area contributed by atoms with Gasteiger partial charge in [0.2, 0.25) is 5.91 Å². The third kappa shape index (κ3) is 3.41. The summed E-state index contributed by atoms with van der Waals surface area (Å²) in [4.78, 5) is 38.9. The number of carbonyl (C=O) groups is 1. The fourth-order valence-electron chi connectivity index (χ4n) is 1.66. The van der Waals surface area contributed by atoms with E-state index in [1.54, 1.807) is 18.3 Å². The summed E-state index contributed by atoms with van der Waals surface area (Å²) in [5.41, 5.74) is 0.629. The van der Waals surface area contributed by atoms with E-state index in [4.69, 9.17) is 0 Å². The van der Waals surface area contributed by atoms with Crippen LogP contribution in [0.2, 0.25) is 0 Å². The summed E-state index contributed by atoms with van der Waals surface area (Å²) in [6, 6.07) is 1.92. The number of nitrogens with one attached hydrogen (secondary N) is 3. The van der Waals surface area contributed by atoms with Crippen molar-refractivity contribution < 1.29 is 4.79 Å². The Balaban J connectivity index is 2.03. The molecule has 0 aliphatic heterocycles. The number of aromatic amines is 2. The first kappa shape index (κ1) is 13.3. The summed E-state index contributed by atoms with van der Waals surface area (Å²) in [6.07, 6.45) is -0.0535. The molecule has 2 rings (SSSR count). The van der Waals surface area contributed by atoms with Crippen molar-refractivity contribution in [1.82, 2.24) is 15.3 Å². The van der Waals surface area contributed by atoms with Gasteiger partial charge in [-0.15, -0.1) is 0 Å². The minimum atomic E-state index is -0.565. The average molecular weight is 279 g/mol. The molecule has 1 amide bonds. The lowest BCUT2D eigenvalue weighted by atomic mass is 10.1. The summed E-state index contributed by atoms with van der Waals surface area (Å²) < 4.78 is 0. The second-order valence-electron chi connectivity index (χ2n) is 4.10. The van der Waals surface area contributed by atoms with Gasteiger partial charge in [-0.2, -0.15) is 11.3 Å². The Morgan fingerprint density at radius 2 is 2.16 bits per heavy atom. The molecule has 2 aromatic heterocycles. The van der Waals surface area contributed by atoms with Crippen LogP contribution in [0.1, 0.15) is 16.8 Å². The molecule has 0 saturated carbocycles. The van der Waals surface area contributed by atoms with E-state index in [0.29, 0.717) is 12.2 Å². The van der Waals surface area contributed by atoms with Crippen LogP contribution in [0.15, 0.2) is 26.4 Å². The maximum atomic E-state index is 11.7. The molecular weight excluding hydrogens is 266 g/mol. The third-order valence-electron chi connectivity index (χ3n) is 2.66. The molecule has 0 radical (unpaired) electrons. The van der Waals surface area contributed by atoms with E-state index in [2.05, 4.69) is 15.3 Å². The zero-order chi connectivity index (χ0) is 13.8. The summed E-state index contributed by atoms with van der Waals surface area (Å²) in [7, 11) is 0. The zero-order valence-electron chi connectivity index (χ0n) is 10.3. The van der Waals surface area contributed by atoms with Crippen molar-refractivity contribution in [2.75, 3.05) is 0 Å². The second-order valence-corrected chi connectivity index (χ2v) is 4.88. The van der Waals surface area contributed by atoms with Crippen molar-refractivity contribution in [3.63, 3.8) is 0 Å². The third-order valence-corrected chi connectivity index (χ3v) is 3.39. The van der Waals surface area contributed by atoms with Crippen LogP contribution in [0.3, 0.4) is 0 Å². The molecule has 3 N–H and O–H groups in total. The maximum absolute atomic E-state index is 11.7. The molecule has 0 unspecified atom stereocenters. The van der Waals surface area contributed by atoms with Crippen LogP contribution in [0, 0.1) is 6.92 Å². The van der Waals surface area contributed by atoms with Crippen LogP contribution in [0.5, 0.6) is 0 Å². The largest absolute Gasteiger partial charge is 0.352 e. The van der Waals surface area contributed by atoms with Crippen molar-refractivity contribution in [2.24, 2.45) is 0 Å². The Hall–Kier alpha value is -2.15. The first-order valence-corrected chi connectivity index (χ1v) is 6.60. The van der Waals surface area contributed by atoms with E-state index in [0.717, 1.165) is 5.56 Å². The van der Waals surface area contributed by atoms with Crippen molar-refractivity contribution in [3.05, 3.63) is 54.5 Å². The van der Waals surface area contributed by atoms with Crippen LogP contribution < -0.4 is 16.6 Å². The van der Waals surface area contributed by atoms with Gasteiger partial charge in [0.15, 0.2) is 0 Å². The van der Waals surface area contributed by atoms with Crippen molar-refractivity contribution in [1.29, 1.82) is 0 Å². The number of aromatic nitrogens is 2. The Bertz CT molecular complexity index is 685. The maximum Gasteiger partial charge on any atom is 0.325 e. The number of thiophene rings is 1. The lowest BCUT2D eigenvalue weighted by Crippen LogP contribution is -2.32. The van der Waals surface area contributed by atoms with Crippen LogP contribution in [0.4, 0.5) is 0 Å². The van der Waals surface area contributed by atoms with Gasteiger partial charge in [0.05, 0.1) is 6.42 Å². The highest BCUT2D eigenvalue weighted by Gasteiger charge is 2.11. The monoisotopic (exact) mass is 279 g/mol. The summed E-state index contributed by atoms with van der Waals surface area (Å²) >= 11 is 1.56. The average Bonchev–Trinajstić information content (AvgIpc) is 2.84. The highest BCUT2D eigenvalue weighted by atomic mass is 32.1. The molecular formula is C12H13N3O3S. The van der Waals surface area contributed by atoms with E-state index in [-0.39, 0.29) is 17.9 Å². The number of rotatable bonds is 4. The van der Waals surface area contributed by atoms with E-state index in [1.165, 1.54) is 0 Å². The highest BCUT2D eigenvalue weighted by molar-refractivity contribution is 7.07. The summed E-state index contributed by atoms with van der Waals surface area (Å²) in [5, 5.41) is 6.60. The van der Waals surface area contributed by atoms with Gasteiger partial charge in [-0.25, -0.2) is 4.79 Å². The zero-order valence-corrected chi connectivity index (χ0v) is 11.1. The first-order chi connectivity index (χ1) is 9.06. The second kappa shape index (κ2) is 5.66. The standard InChI is InChI=1S/C12H13N3O3S/c1-7-9(11(17)15-12(18)14-7)4-10(16)13-5-8-2-3-19-6-8/h2-3,6H,4-5H2,1H3,(H,13,16)(H2,14,15,17,18). The molecule has 0 aromatic carbocycles. The quantitative estimate of drug-likeness (QED) is 0.751. The fourth-order valence-corrected chi connectivity index (χ4v) is 2.32. The molecule has 0 spiro atoms. The van der Waals surface area contributed by atoms with Gasteiger partial charge in [-0.05, 0) is 29.3 Å². The number of H-pyrrole nitrogens is 2. The number of carbonyl (C=O) groups excluding carboxylic acids is 1. The molecule has 0 aliphatic rings. The molecule has 6 nitrogen and oxygen atoms in total. The molecule has 2 heterocycles. The van der Waals surface area contributed by atoms with E-state index in [1.807, 2.05) is 16.8 Å². The molecule has 0 fully saturated rings. The van der Waals surface area contributed by atoms with Crippen LogP contribution in [-0.4, -0.2) is 15.9 Å².